The summed E-state index contributed by atoms with van der Waals surface area (Å²) >= 11 is 0. The van der Waals surface area contributed by atoms with Crippen LogP contribution in [0.4, 0.5) is 0 Å². The van der Waals surface area contributed by atoms with Crippen molar-refractivity contribution < 1.29 is 19.4 Å². The normalized spacial score (nSPS) is 21.2. The van der Waals surface area contributed by atoms with Gasteiger partial charge in [0.1, 0.15) is 0 Å². The van der Waals surface area contributed by atoms with Crippen LogP contribution in [0.5, 0.6) is 0 Å². The molecule has 1 aromatic rings. The lowest BCUT2D eigenvalue weighted by Gasteiger charge is -2.30. The Morgan fingerprint density at radius 3 is 2.52 bits per heavy atom. The number of hydrogen-bond acceptors (Lipinski definition) is 3. The highest BCUT2D eigenvalue weighted by Gasteiger charge is 2.33. The minimum absolute atomic E-state index is 0.0888. The number of aliphatic carboxylic acids is 1. The number of carboxylic acid groups (broad SMARTS) is 1. The van der Waals surface area contributed by atoms with Gasteiger partial charge in [-0.2, -0.15) is 0 Å². The van der Waals surface area contributed by atoms with Crippen LogP contribution in [-0.4, -0.2) is 24.2 Å². The van der Waals surface area contributed by atoms with Crippen LogP contribution in [0, 0.1) is 5.92 Å². The van der Waals surface area contributed by atoms with E-state index in [1.807, 2.05) is 19.1 Å². The fourth-order valence-electron chi connectivity index (χ4n) is 4.03. The lowest BCUT2D eigenvalue weighted by Crippen LogP contribution is -2.19. The van der Waals surface area contributed by atoms with Crippen LogP contribution in [0.2, 0.25) is 0 Å². The Balaban J connectivity index is 2.14. The molecule has 1 saturated carbocycles. The predicted octanol–water partition coefficient (Wildman–Crippen LogP) is 4.01. The standard InChI is InChI=1S/C19H22O4/c1-11-9-16(18(20)21)17(12-5-3-4-6-12)14-8-7-13(10-15(11)14)19(22)23-2/h7-8,10-12H,3-6,9H2,1-2H3,(H,20,21). The predicted molar refractivity (Wildman–Crippen MR) is 87.3 cm³/mol. The first-order valence-corrected chi connectivity index (χ1v) is 8.22. The summed E-state index contributed by atoms with van der Waals surface area (Å²) < 4.78 is 4.80. The lowest BCUT2D eigenvalue weighted by atomic mass is 9.74. The number of allylic oxidation sites excluding steroid dienone is 1. The number of esters is 1. The minimum atomic E-state index is -0.804. The van der Waals surface area contributed by atoms with Gasteiger partial charge in [-0.05, 0) is 59.9 Å². The smallest absolute Gasteiger partial charge is 0.337 e. The zero-order valence-corrected chi connectivity index (χ0v) is 13.6. The average Bonchev–Trinajstić information content (AvgIpc) is 3.07. The second-order valence-electron chi connectivity index (χ2n) is 6.58. The third-order valence-corrected chi connectivity index (χ3v) is 5.15. The van der Waals surface area contributed by atoms with Gasteiger partial charge < -0.3 is 9.84 Å². The molecule has 4 heteroatoms. The monoisotopic (exact) mass is 314 g/mol. The first-order chi connectivity index (χ1) is 11.0. The van der Waals surface area contributed by atoms with Gasteiger partial charge in [0, 0.05) is 5.57 Å². The summed E-state index contributed by atoms with van der Waals surface area (Å²) in [7, 11) is 1.37. The van der Waals surface area contributed by atoms with E-state index in [4.69, 9.17) is 4.74 Å². The van der Waals surface area contributed by atoms with Crippen LogP contribution in [0.15, 0.2) is 23.8 Å². The van der Waals surface area contributed by atoms with Gasteiger partial charge in [0.25, 0.3) is 0 Å². The Kier molecular flexibility index (Phi) is 4.24. The largest absolute Gasteiger partial charge is 0.478 e. The van der Waals surface area contributed by atoms with Crippen molar-refractivity contribution >= 4 is 17.5 Å². The molecular formula is C19H22O4. The van der Waals surface area contributed by atoms with Gasteiger partial charge in [-0.25, -0.2) is 9.59 Å². The van der Waals surface area contributed by atoms with Crippen LogP contribution >= 0.6 is 0 Å². The molecule has 0 saturated heterocycles. The van der Waals surface area contributed by atoms with Crippen LogP contribution in [-0.2, 0) is 9.53 Å². The summed E-state index contributed by atoms with van der Waals surface area (Å²) in [6.07, 6.45) is 4.95. The summed E-state index contributed by atoms with van der Waals surface area (Å²) in [5, 5.41) is 9.66. The fourth-order valence-corrected chi connectivity index (χ4v) is 4.03. The van der Waals surface area contributed by atoms with Gasteiger partial charge in [0.2, 0.25) is 0 Å². The molecule has 1 fully saturated rings. The molecular weight excluding hydrogens is 292 g/mol. The van der Waals surface area contributed by atoms with Crippen LogP contribution < -0.4 is 0 Å². The minimum Gasteiger partial charge on any atom is -0.478 e. The Morgan fingerprint density at radius 1 is 1.22 bits per heavy atom. The highest BCUT2D eigenvalue weighted by molar-refractivity contribution is 5.99. The third-order valence-electron chi connectivity index (χ3n) is 5.15. The molecule has 23 heavy (non-hydrogen) atoms. The Hall–Kier alpha value is -2.10. The third kappa shape index (κ3) is 2.78. The quantitative estimate of drug-likeness (QED) is 0.856. The summed E-state index contributed by atoms with van der Waals surface area (Å²) in [6.45, 7) is 2.02. The molecule has 2 aliphatic rings. The number of rotatable bonds is 3. The van der Waals surface area contributed by atoms with Gasteiger partial charge >= 0.3 is 11.9 Å². The summed E-state index contributed by atoms with van der Waals surface area (Å²) in [5.41, 5.74) is 4.17. The van der Waals surface area contributed by atoms with Crippen molar-refractivity contribution in [2.24, 2.45) is 5.92 Å². The van der Waals surface area contributed by atoms with Crippen molar-refractivity contribution in [3.8, 4) is 0 Å². The van der Waals surface area contributed by atoms with Gasteiger partial charge in [-0.3, -0.25) is 0 Å². The van der Waals surface area contributed by atoms with E-state index in [9.17, 15) is 14.7 Å². The first-order valence-electron chi connectivity index (χ1n) is 8.22. The van der Waals surface area contributed by atoms with Gasteiger partial charge in [-0.15, -0.1) is 0 Å². The molecule has 1 N–H and O–H groups in total. The van der Waals surface area contributed by atoms with Crippen molar-refractivity contribution in [3.63, 3.8) is 0 Å². The van der Waals surface area contributed by atoms with E-state index in [-0.39, 0.29) is 11.9 Å². The van der Waals surface area contributed by atoms with Crippen LogP contribution in [0.1, 0.15) is 66.4 Å². The Morgan fingerprint density at radius 2 is 1.91 bits per heavy atom. The molecule has 122 valence electrons. The van der Waals surface area contributed by atoms with Gasteiger partial charge in [-0.1, -0.05) is 25.8 Å². The number of carbonyl (C=O) groups is 2. The van der Waals surface area contributed by atoms with Gasteiger partial charge in [0.15, 0.2) is 0 Å². The SMILES string of the molecule is COC(=O)c1ccc2c(c1)C(C)CC(C(=O)O)=C2C1CCCC1. The summed E-state index contributed by atoms with van der Waals surface area (Å²) in [5.74, 6) is -0.737. The number of hydrogen-bond donors (Lipinski definition) is 1. The van der Waals surface area contributed by atoms with Crippen LogP contribution in [0.3, 0.4) is 0 Å². The molecule has 0 spiro atoms. The molecule has 0 bridgehead atoms. The van der Waals surface area contributed by atoms with Crippen molar-refractivity contribution in [1.29, 1.82) is 0 Å². The number of carboxylic acids is 1. The van der Waals surface area contributed by atoms with Crippen molar-refractivity contribution in [2.75, 3.05) is 7.11 Å². The molecule has 0 radical (unpaired) electrons. The molecule has 0 aromatic heterocycles. The van der Waals surface area contributed by atoms with Gasteiger partial charge in [0.05, 0.1) is 12.7 Å². The molecule has 2 aliphatic carbocycles. The topological polar surface area (TPSA) is 63.6 Å². The zero-order valence-electron chi connectivity index (χ0n) is 13.6. The molecule has 1 unspecified atom stereocenters. The van der Waals surface area contributed by atoms with Crippen molar-refractivity contribution in [3.05, 3.63) is 40.5 Å². The van der Waals surface area contributed by atoms with E-state index in [0.29, 0.717) is 23.5 Å². The van der Waals surface area contributed by atoms with E-state index in [1.54, 1.807) is 6.07 Å². The maximum Gasteiger partial charge on any atom is 0.337 e. The molecule has 0 heterocycles. The second-order valence-corrected chi connectivity index (χ2v) is 6.58. The number of fused-ring (bicyclic) bond motifs is 1. The summed E-state index contributed by atoms with van der Waals surface area (Å²) in [6, 6.07) is 5.53. The molecule has 3 rings (SSSR count). The Bertz CT molecular complexity index is 681. The summed E-state index contributed by atoms with van der Waals surface area (Å²) in [4.78, 5) is 23.6. The second kappa shape index (κ2) is 6.19. The van der Waals surface area contributed by atoms with E-state index in [0.717, 1.165) is 42.4 Å². The molecule has 4 nitrogen and oxygen atoms in total. The number of carbonyl (C=O) groups excluding carboxylic acids is 1. The molecule has 0 aliphatic heterocycles. The maximum atomic E-state index is 11.8. The van der Waals surface area contributed by atoms with Crippen LogP contribution in [0.25, 0.3) is 5.57 Å². The van der Waals surface area contributed by atoms with Crippen molar-refractivity contribution in [1.82, 2.24) is 0 Å². The number of ether oxygens (including phenoxy) is 1. The van der Waals surface area contributed by atoms with Crippen molar-refractivity contribution in [2.45, 2.75) is 44.9 Å². The highest BCUT2D eigenvalue weighted by Crippen LogP contribution is 2.46. The molecule has 1 atom stereocenters. The molecule has 0 amide bonds. The molecule has 1 aromatic carbocycles. The van der Waals surface area contributed by atoms with E-state index in [2.05, 4.69) is 0 Å². The number of benzene rings is 1. The highest BCUT2D eigenvalue weighted by atomic mass is 16.5. The lowest BCUT2D eigenvalue weighted by molar-refractivity contribution is -0.132. The van der Waals surface area contributed by atoms with E-state index < -0.39 is 5.97 Å². The first kappa shape index (κ1) is 15.8. The maximum absolute atomic E-state index is 11.8. The number of methoxy groups -OCH3 is 1. The Labute approximate surface area is 136 Å². The van der Waals surface area contributed by atoms with E-state index in [1.165, 1.54) is 7.11 Å². The zero-order chi connectivity index (χ0) is 16.6. The average molecular weight is 314 g/mol. The fraction of sp³-hybridized carbons (Fsp3) is 0.474. The van der Waals surface area contributed by atoms with E-state index >= 15 is 0 Å².